The second-order valence-electron chi connectivity index (χ2n) is 6.64. The van der Waals surface area contributed by atoms with Crippen LogP contribution in [0.4, 0.5) is 8.78 Å². The molecule has 0 saturated carbocycles. The van der Waals surface area contributed by atoms with E-state index in [9.17, 15) is 23.5 Å². The Labute approximate surface area is 174 Å². The number of nitrogens with zero attached hydrogens (tertiary/aromatic N) is 1. The molecule has 0 spiro atoms. The van der Waals surface area contributed by atoms with Crippen LogP contribution in [0.25, 0.3) is 16.9 Å². The normalized spacial score (nSPS) is 11.0. The lowest BCUT2D eigenvalue weighted by molar-refractivity contribution is -0.137. The summed E-state index contributed by atoms with van der Waals surface area (Å²) in [5.74, 6) is -2.21. The number of furan rings is 1. The minimum atomic E-state index is -0.873. The highest BCUT2D eigenvalue weighted by Gasteiger charge is 2.20. The third kappa shape index (κ3) is 4.68. The fourth-order valence-corrected chi connectivity index (χ4v) is 3.85. The summed E-state index contributed by atoms with van der Waals surface area (Å²) in [6, 6.07) is 6.15. The minimum absolute atomic E-state index is 0.0576. The zero-order valence-corrected chi connectivity index (χ0v) is 16.7. The molecule has 2 aromatic heterocycles. The van der Waals surface area contributed by atoms with E-state index in [1.807, 2.05) is 0 Å². The number of carboxylic acid groups (broad SMARTS) is 1. The molecular weight excluding hydrogens is 416 g/mol. The number of unbranched alkanes of at least 4 members (excludes halogenated alkanes) is 2. The first-order valence-corrected chi connectivity index (χ1v) is 9.99. The molecule has 0 unspecified atom stereocenters. The average molecular weight is 435 g/mol. The number of benzene rings is 1. The molecule has 0 atom stereocenters. The first-order valence-electron chi connectivity index (χ1n) is 9.17. The van der Waals surface area contributed by atoms with Gasteiger partial charge in [-0.2, -0.15) is 0 Å². The maximum absolute atomic E-state index is 14.0. The molecule has 0 aliphatic heterocycles. The highest BCUT2D eigenvalue weighted by Crippen LogP contribution is 2.35. The molecule has 0 fully saturated rings. The molecule has 9 heteroatoms. The molecule has 158 valence electrons. The van der Waals surface area contributed by atoms with Gasteiger partial charge in [-0.15, -0.1) is 0 Å². The number of hydrogen-bond acceptors (Lipinski definition) is 5. The van der Waals surface area contributed by atoms with Crippen molar-refractivity contribution in [2.45, 2.75) is 32.2 Å². The lowest BCUT2D eigenvalue weighted by Crippen LogP contribution is -2.12. The van der Waals surface area contributed by atoms with Crippen LogP contribution in [0.3, 0.4) is 0 Å². The summed E-state index contributed by atoms with van der Waals surface area (Å²) in [5, 5.41) is 19.1. The van der Waals surface area contributed by atoms with Crippen LogP contribution in [0.2, 0.25) is 0 Å². The van der Waals surface area contributed by atoms with Gasteiger partial charge in [0.2, 0.25) is 5.88 Å². The quantitative estimate of drug-likeness (QED) is 0.468. The van der Waals surface area contributed by atoms with Crippen LogP contribution in [0.15, 0.2) is 46.1 Å². The van der Waals surface area contributed by atoms with Gasteiger partial charge >= 0.3 is 10.8 Å². The molecule has 2 N–H and O–H groups in total. The number of rotatable bonds is 9. The second-order valence-corrected chi connectivity index (χ2v) is 7.60. The van der Waals surface area contributed by atoms with Crippen LogP contribution in [0.5, 0.6) is 5.88 Å². The molecule has 0 saturated heterocycles. The molecule has 0 aliphatic rings. The van der Waals surface area contributed by atoms with Crippen molar-refractivity contribution in [1.82, 2.24) is 4.57 Å². The van der Waals surface area contributed by atoms with E-state index in [0.717, 1.165) is 23.5 Å². The monoisotopic (exact) mass is 435 g/mol. The summed E-state index contributed by atoms with van der Waals surface area (Å²) >= 11 is 0.803. The summed E-state index contributed by atoms with van der Waals surface area (Å²) in [5.41, 5.74) is 0.333. The van der Waals surface area contributed by atoms with Gasteiger partial charge in [0.25, 0.3) is 0 Å². The number of carbonyl (C=O) groups is 1. The van der Waals surface area contributed by atoms with Crippen molar-refractivity contribution in [1.29, 1.82) is 0 Å². The standard InChI is InChI=1S/C21H19F2NO5S/c1-12(16-8-9-17(29-16)14-7-6-13(22)11-15(14)23)19-20(27)24(21(28)30-19)10-4-2-3-5-18(25)26/h6-9,11,27H,1-5,10H2,(H,25,26). The number of aliphatic carboxylic acids is 1. The van der Waals surface area contributed by atoms with Gasteiger partial charge in [-0.1, -0.05) is 24.3 Å². The Balaban J connectivity index is 1.75. The molecule has 30 heavy (non-hydrogen) atoms. The lowest BCUT2D eigenvalue weighted by Gasteiger charge is -2.05. The van der Waals surface area contributed by atoms with E-state index >= 15 is 0 Å². The Kier molecular flexibility index (Phi) is 6.51. The highest BCUT2D eigenvalue weighted by atomic mass is 32.1. The summed E-state index contributed by atoms with van der Waals surface area (Å²) in [6.07, 6.45) is 1.69. The van der Waals surface area contributed by atoms with Crippen molar-refractivity contribution in [3.63, 3.8) is 0 Å². The highest BCUT2D eigenvalue weighted by molar-refractivity contribution is 7.10. The van der Waals surface area contributed by atoms with Gasteiger partial charge < -0.3 is 14.6 Å². The van der Waals surface area contributed by atoms with Crippen LogP contribution in [-0.4, -0.2) is 20.7 Å². The van der Waals surface area contributed by atoms with Gasteiger partial charge in [-0.05, 0) is 37.1 Å². The van der Waals surface area contributed by atoms with Crippen LogP contribution < -0.4 is 4.87 Å². The summed E-state index contributed by atoms with van der Waals surface area (Å²) in [6.45, 7) is 4.12. The van der Waals surface area contributed by atoms with E-state index in [4.69, 9.17) is 9.52 Å². The first kappa shape index (κ1) is 21.5. The Bertz CT molecular complexity index is 1140. The third-order valence-electron chi connectivity index (χ3n) is 4.51. The topological polar surface area (TPSA) is 92.7 Å². The molecule has 1 aromatic carbocycles. The second kappa shape index (κ2) is 9.08. The molecule has 0 amide bonds. The fourth-order valence-electron chi connectivity index (χ4n) is 2.96. The summed E-state index contributed by atoms with van der Waals surface area (Å²) in [7, 11) is 0. The molecule has 6 nitrogen and oxygen atoms in total. The van der Waals surface area contributed by atoms with Crippen molar-refractivity contribution in [3.8, 4) is 17.2 Å². The SMILES string of the molecule is C=C(c1ccc(-c2ccc(F)cc2F)o1)c1sc(=O)n(CCCCCC(=O)O)c1O. The average Bonchev–Trinajstić information content (AvgIpc) is 3.27. The third-order valence-corrected chi connectivity index (χ3v) is 5.54. The number of halogens is 2. The van der Waals surface area contributed by atoms with E-state index in [2.05, 4.69) is 6.58 Å². The molecule has 2 heterocycles. The van der Waals surface area contributed by atoms with E-state index < -0.39 is 17.6 Å². The van der Waals surface area contributed by atoms with E-state index in [0.29, 0.717) is 19.3 Å². The predicted molar refractivity (Wildman–Crippen MR) is 109 cm³/mol. The zero-order chi connectivity index (χ0) is 21.8. The number of aromatic nitrogens is 1. The zero-order valence-electron chi connectivity index (χ0n) is 15.9. The van der Waals surface area contributed by atoms with Gasteiger partial charge in [0.1, 0.15) is 28.0 Å². The van der Waals surface area contributed by atoms with Gasteiger partial charge in [-0.25, -0.2) is 8.78 Å². The van der Waals surface area contributed by atoms with Crippen molar-refractivity contribution < 1.29 is 28.2 Å². The Morgan fingerprint density at radius 1 is 1.17 bits per heavy atom. The molecular formula is C21H19F2NO5S. The molecule has 0 radical (unpaired) electrons. The number of aromatic hydroxyl groups is 1. The Hall–Kier alpha value is -3.20. The number of thiazole rings is 1. The van der Waals surface area contributed by atoms with Gasteiger partial charge in [0.15, 0.2) is 0 Å². The summed E-state index contributed by atoms with van der Waals surface area (Å²) in [4.78, 5) is 22.6. The van der Waals surface area contributed by atoms with E-state index in [1.165, 1.54) is 22.8 Å². The molecule has 3 rings (SSSR count). The van der Waals surface area contributed by atoms with Crippen LogP contribution in [0.1, 0.15) is 36.3 Å². The number of hydrogen-bond donors (Lipinski definition) is 2. The fraction of sp³-hybridized carbons (Fsp3) is 0.238. The first-order chi connectivity index (χ1) is 14.3. The van der Waals surface area contributed by atoms with Crippen LogP contribution in [0, 0.1) is 11.6 Å². The largest absolute Gasteiger partial charge is 0.493 e. The van der Waals surface area contributed by atoms with Gasteiger partial charge in [0.05, 0.1) is 5.56 Å². The predicted octanol–water partition coefficient (Wildman–Crippen LogP) is 4.86. The lowest BCUT2D eigenvalue weighted by atomic mass is 10.1. The van der Waals surface area contributed by atoms with E-state index in [1.54, 1.807) is 0 Å². The molecule has 0 aliphatic carbocycles. The van der Waals surface area contributed by atoms with Crippen molar-refractivity contribution >= 4 is 22.9 Å². The van der Waals surface area contributed by atoms with Crippen molar-refractivity contribution in [3.05, 3.63) is 68.9 Å². The van der Waals surface area contributed by atoms with E-state index in [-0.39, 0.29) is 51.3 Å². The van der Waals surface area contributed by atoms with Crippen molar-refractivity contribution in [2.75, 3.05) is 0 Å². The van der Waals surface area contributed by atoms with Crippen LogP contribution in [-0.2, 0) is 11.3 Å². The summed E-state index contributed by atoms with van der Waals surface area (Å²) < 4.78 is 33.9. The van der Waals surface area contributed by atoms with Crippen LogP contribution >= 0.6 is 11.3 Å². The van der Waals surface area contributed by atoms with Crippen molar-refractivity contribution in [2.24, 2.45) is 0 Å². The number of carboxylic acids is 1. The maximum Gasteiger partial charge on any atom is 0.310 e. The molecule has 0 bridgehead atoms. The maximum atomic E-state index is 14.0. The molecule has 3 aromatic rings. The Morgan fingerprint density at radius 3 is 2.63 bits per heavy atom. The van der Waals surface area contributed by atoms with Gasteiger partial charge in [-0.3, -0.25) is 14.2 Å². The minimum Gasteiger partial charge on any atom is -0.493 e. The Morgan fingerprint density at radius 2 is 1.93 bits per heavy atom. The van der Waals surface area contributed by atoms with Gasteiger partial charge in [0, 0.05) is 24.6 Å². The smallest absolute Gasteiger partial charge is 0.310 e.